The first kappa shape index (κ1) is 24.9. The predicted molar refractivity (Wildman–Crippen MR) is 138 cm³/mol. The first-order valence-electron chi connectivity index (χ1n) is 11.8. The van der Waals surface area contributed by atoms with Crippen LogP contribution in [-0.4, -0.2) is 60.4 Å². The zero-order valence-corrected chi connectivity index (χ0v) is 21.1. The highest BCUT2D eigenvalue weighted by molar-refractivity contribution is 7.89. The summed E-state index contributed by atoms with van der Waals surface area (Å²) >= 11 is 0. The molecule has 1 aliphatic rings. The Hall–Kier alpha value is -3.23. The largest absolute Gasteiger partial charge is 0.369 e. The van der Waals surface area contributed by atoms with Crippen LogP contribution in [-0.2, 0) is 27.9 Å². The van der Waals surface area contributed by atoms with E-state index in [0.29, 0.717) is 39.3 Å². The van der Waals surface area contributed by atoms with E-state index in [0.717, 1.165) is 22.4 Å². The fraction of sp³-hybridized carbons (Fsp3) is 0.333. The molecular formula is C27H32N4O3S. The maximum Gasteiger partial charge on any atom is 0.239 e. The van der Waals surface area contributed by atoms with Crippen molar-refractivity contribution in [3.05, 3.63) is 95.3 Å². The molecule has 1 amide bonds. The Morgan fingerprint density at radius 3 is 2.40 bits per heavy atom. The molecule has 8 heteroatoms. The minimum Gasteiger partial charge on any atom is -0.369 e. The number of aryl methyl sites for hydroxylation is 2. The highest BCUT2D eigenvalue weighted by atomic mass is 32.2. The molecule has 4 rings (SSSR count). The number of sulfonamides is 1. The van der Waals surface area contributed by atoms with Gasteiger partial charge in [-0.25, -0.2) is 8.42 Å². The molecule has 0 radical (unpaired) electrons. The van der Waals surface area contributed by atoms with Crippen molar-refractivity contribution in [2.24, 2.45) is 0 Å². The average Bonchev–Trinajstić information content (AvgIpc) is 2.85. The van der Waals surface area contributed by atoms with Crippen molar-refractivity contribution in [3.63, 3.8) is 0 Å². The lowest BCUT2D eigenvalue weighted by atomic mass is 10.1. The third-order valence-corrected chi connectivity index (χ3v) is 8.14. The molecule has 2 heterocycles. The zero-order chi connectivity index (χ0) is 24.8. The molecule has 184 valence electrons. The van der Waals surface area contributed by atoms with Crippen molar-refractivity contribution in [1.82, 2.24) is 14.2 Å². The van der Waals surface area contributed by atoms with Crippen LogP contribution in [0.25, 0.3) is 0 Å². The topological polar surface area (TPSA) is 73.8 Å². The number of hydrogen-bond acceptors (Lipinski definition) is 5. The number of carbonyl (C=O) groups is 1. The van der Waals surface area contributed by atoms with Crippen molar-refractivity contribution >= 4 is 21.6 Å². The summed E-state index contributed by atoms with van der Waals surface area (Å²) in [4.78, 5) is 21.3. The molecule has 1 saturated heterocycles. The second kappa shape index (κ2) is 11.0. The number of carbonyl (C=O) groups excluding carboxylic acids is 1. The standard InChI is InChI=1S/C27H32N4O3S/c1-22-7-5-11-26(17-22)29-13-15-31(16-14-29)35(33,34)21-27(32)30(19-24-9-6-12-28-18-24)20-25-10-4-3-8-23(25)2/h3-12,17-18H,13-16,19-21H2,1-2H3. The van der Waals surface area contributed by atoms with Crippen molar-refractivity contribution in [2.45, 2.75) is 26.9 Å². The number of piperazine rings is 1. The van der Waals surface area contributed by atoms with E-state index < -0.39 is 21.7 Å². The van der Waals surface area contributed by atoms with E-state index in [-0.39, 0.29) is 0 Å². The summed E-state index contributed by atoms with van der Waals surface area (Å²) < 4.78 is 27.9. The highest BCUT2D eigenvalue weighted by Crippen LogP contribution is 2.20. The van der Waals surface area contributed by atoms with Gasteiger partial charge in [-0.2, -0.15) is 4.31 Å². The van der Waals surface area contributed by atoms with Gasteiger partial charge in [-0.1, -0.05) is 42.5 Å². The SMILES string of the molecule is Cc1cccc(N2CCN(S(=O)(=O)CC(=O)N(Cc3cccnc3)Cc3ccccc3C)CC2)c1. The van der Waals surface area contributed by atoms with Gasteiger partial charge in [0.2, 0.25) is 15.9 Å². The first-order valence-corrected chi connectivity index (χ1v) is 13.4. The highest BCUT2D eigenvalue weighted by Gasteiger charge is 2.31. The molecule has 0 atom stereocenters. The lowest BCUT2D eigenvalue weighted by Crippen LogP contribution is -2.51. The van der Waals surface area contributed by atoms with Crippen LogP contribution in [0, 0.1) is 13.8 Å². The molecule has 0 saturated carbocycles. The molecule has 2 aromatic carbocycles. The van der Waals surface area contributed by atoms with Gasteiger partial charge in [0.25, 0.3) is 0 Å². The quantitative estimate of drug-likeness (QED) is 0.482. The minimum atomic E-state index is -3.74. The fourth-order valence-corrected chi connectivity index (χ4v) is 5.72. The van der Waals surface area contributed by atoms with Crippen LogP contribution in [0.15, 0.2) is 73.1 Å². The van der Waals surface area contributed by atoms with Crippen LogP contribution in [0.4, 0.5) is 5.69 Å². The van der Waals surface area contributed by atoms with Crippen LogP contribution in [0.2, 0.25) is 0 Å². The Balaban J connectivity index is 1.44. The smallest absolute Gasteiger partial charge is 0.239 e. The number of pyridine rings is 1. The van der Waals surface area contributed by atoms with Gasteiger partial charge >= 0.3 is 0 Å². The lowest BCUT2D eigenvalue weighted by Gasteiger charge is -2.35. The van der Waals surface area contributed by atoms with Gasteiger partial charge in [0.05, 0.1) is 0 Å². The van der Waals surface area contributed by atoms with Crippen molar-refractivity contribution < 1.29 is 13.2 Å². The van der Waals surface area contributed by atoms with E-state index in [9.17, 15) is 13.2 Å². The molecule has 1 aliphatic heterocycles. The van der Waals surface area contributed by atoms with Gasteiger partial charge in [0.15, 0.2) is 0 Å². The maximum atomic E-state index is 13.3. The monoisotopic (exact) mass is 492 g/mol. The molecule has 0 spiro atoms. The van der Waals surface area contributed by atoms with Gasteiger partial charge in [-0.05, 0) is 54.3 Å². The summed E-state index contributed by atoms with van der Waals surface area (Å²) in [5.41, 5.74) is 5.18. The van der Waals surface area contributed by atoms with Gasteiger partial charge in [0, 0.05) is 57.3 Å². The molecule has 1 aromatic heterocycles. The first-order chi connectivity index (χ1) is 16.8. The Morgan fingerprint density at radius 1 is 0.943 bits per heavy atom. The Morgan fingerprint density at radius 2 is 1.71 bits per heavy atom. The van der Waals surface area contributed by atoms with Gasteiger partial charge in [0.1, 0.15) is 5.75 Å². The summed E-state index contributed by atoms with van der Waals surface area (Å²) in [5.74, 6) is -0.943. The van der Waals surface area contributed by atoms with E-state index in [2.05, 4.69) is 16.0 Å². The van der Waals surface area contributed by atoms with E-state index in [4.69, 9.17) is 0 Å². The molecule has 0 aliphatic carbocycles. The maximum absolute atomic E-state index is 13.3. The third kappa shape index (κ3) is 6.46. The molecule has 3 aromatic rings. The normalized spacial score (nSPS) is 14.6. The zero-order valence-electron chi connectivity index (χ0n) is 20.3. The minimum absolute atomic E-state index is 0.303. The van der Waals surface area contributed by atoms with Crippen LogP contribution in [0.1, 0.15) is 22.3 Å². The van der Waals surface area contributed by atoms with Gasteiger partial charge in [-0.3, -0.25) is 9.78 Å². The number of amides is 1. The van der Waals surface area contributed by atoms with Gasteiger partial charge in [-0.15, -0.1) is 0 Å². The van der Waals surface area contributed by atoms with E-state index in [1.807, 2.05) is 68.4 Å². The summed E-state index contributed by atoms with van der Waals surface area (Å²) in [7, 11) is -3.74. The Labute approximate surface area is 208 Å². The van der Waals surface area contributed by atoms with Crippen molar-refractivity contribution in [1.29, 1.82) is 0 Å². The second-order valence-corrected chi connectivity index (χ2v) is 11.0. The molecule has 0 bridgehead atoms. The summed E-state index contributed by atoms with van der Waals surface area (Å²) in [6.45, 7) is 6.61. The Kier molecular flexibility index (Phi) is 7.83. The van der Waals surface area contributed by atoms with E-state index in [1.54, 1.807) is 17.3 Å². The number of benzene rings is 2. The summed E-state index contributed by atoms with van der Waals surface area (Å²) in [6, 6.07) is 19.8. The number of hydrogen-bond donors (Lipinski definition) is 0. The number of aromatic nitrogens is 1. The van der Waals surface area contributed by atoms with E-state index in [1.165, 1.54) is 9.87 Å². The number of nitrogens with zero attached hydrogens (tertiary/aromatic N) is 4. The van der Waals surface area contributed by atoms with Crippen LogP contribution in [0.5, 0.6) is 0 Å². The molecule has 7 nitrogen and oxygen atoms in total. The Bertz CT molecular complexity index is 1260. The summed E-state index contributed by atoms with van der Waals surface area (Å²) in [6.07, 6.45) is 3.38. The molecule has 35 heavy (non-hydrogen) atoms. The van der Waals surface area contributed by atoms with Crippen molar-refractivity contribution in [2.75, 3.05) is 36.8 Å². The predicted octanol–water partition coefficient (Wildman–Crippen LogP) is 3.38. The number of anilines is 1. The van der Waals surface area contributed by atoms with Crippen LogP contribution >= 0.6 is 0 Å². The average molecular weight is 493 g/mol. The molecule has 1 fully saturated rings. The number of rotatable bonds is 8. The molecule has 0 N–H and O–H groups in total. The van der Waals surface area contributed by atoms with Gasteiger partial charge < -0.3 is 9.80 Å². The second-order valence-electron chi connectivity index (χ2n) is 9.02. The lowest BCUT2D eigenvalue weighted by molar-refractivity contribution is -0.129. The van der Waals surface area contributed by atoms with E-state index >= 15 is 0 Å². The molecular weight excluding hydrogens is 460 g/mol. The van der Waals surface area contributed by atoms with Crippen LogP contribution in [0.3, 0.4) is 0 Å². The van der Waals surface area contributed by atoms with Crippen LogP contribution < -0.4 is 4.90 Å². The van der Waals surface area contributed by atoms with Crippen molar-refractivity contribution in [3.8, 4) is 0 Å². The summed E-state index contributed by atoms with van der Waals surface area (Å²) in [5, 5.41) is 0. The third-order valence-electron chi connectivity index (χ3n) is 6.38. The fourth-order valence-electron chi connectivity index (χ4n) is 4.33. The molecule has 0 unspecified atom stereocenters.